The molecule has 0 unspecified atom stereocenters. The fourth-order valence-corrected chi connectivity index (χ4v) is 7.91. The Kier molecular flexibility index (Phi) is 17.7. The van der Waals surface area contributed by atoms with Gasteiger partial charge in [0.15, 0.2) is 0 Å². The predicted molar refractivity (Wildman–Crippen MR) is 209 cm³/mol. The normalized spacial score (nSPS) is 17.8. The van der Waals surface area contributed by atoms with Gasteiger partial charge in [-0.2, -0.15) is 22.8 Å². The molecule has 2 bridgehead atoms. The highest BCUT2D eigenvalue weighted by molar-refractivity contribution is 7.81. The molecule has 0 aliphatic carbocycles. The minimum atomic E-state index is -4.67. The zero-order valence-electron chi connectivity index (χ0n) is 35.6. The highest BCUT2D eigenvalue weighted by atomic mass is 32.3. The third kappa shape index (κ3) is 14.3. The molecule has 322 valence electrons. The van der Waals surface area contributed by atoms with Crippen molar-refractivity contribution >= 4 is 28.6 Å². The minimum Gasteiger partial charge on any atom is -0.444 e. The van der Waals surface area contributed by atoms with Crippen molar-refractivity contribution < 1.29 is 45.3 Å². The zero-order chi connectivity index (χ0) is 41.7. The molecule has 4 amide bonds. The lowest BCUT2D eigenvalue weighted by Crippen LogP contribution is -2.51. The quantitative estimate of drug-likeness (QED) is 0.108. The number of amides is 4. The molecule has 0 radical (unpaired) electrons. The number of rotatable bonds is 23. The summed E-state index contributed by atoms with van der Waals surface area (Å²) >= 11 is 0. The maximum Gasteiger partial charge on any atom is 0.437 e. The number of hydrogen-bond donors (Lipinski definition) is 1. The molecule has 1 aromatic heterocycles. The highest BCUT2D eigenvalue weighted by Crippen LogP contribution is 2.39. The molecule has 2 atom stereocenters. The van der Waals surface area contributed by atoms with Gasteiger partial charge < -0.3 is 29.0 Å². The molecule has 2 aliphatic heterocycles. The van der Waals surface area contributed by atoms with Crippen LogP contribution in [0.4, 0.5) is 14.4 Å². The molecule has 18 heteroatoms. The highest BCUT2D eigenvalue weighted by Gasteiger charge is 2.50. The van der Waals surface area contributed by atoms with E-state index in [0.29, 0.717) is 19.4 Å². The van der Waals surface area contributed by atoms with E-state index >= 15 is 0 Å². The number of piperidine rings is 1. The Hall–Kier alpha value is -3.22. The number of carbonyl (C=O) groups is 3. The van der Waals surface area contributed by atoms with Crippen LogP contribution in [0.3, 0.4) is 0 Å². The van der Waals surface area contributed by atoms with Gasteiger partial charge in [-0.3, -0.25) is 0 Å². The molecule has 56 heavy (non-hydrogen) atoms. The van der Waals surface area contributed by atoms with Gasteiger partial charge in [0.2, 0.25) is 11.8 Å². The van der Waals surface area contributed by atoms with Crippen LogP contribution in [0.25, 0.3) is 0 Å². The molecule has 0 aromatic carbocycles. The van der Waals surface area contributed by atoms with Crippen LogP contribution < -0.4 is 5.32 Å². The number of urea groups is 1. The second kappa shape index (κ2) is 21.0. The third-order valence-electron chi connectivity index (χ3n) is 9.69. The van der Waals surface area contributed by atoms with E-state index < -0.39 is 57.4 Å². The topological polar surface area (TPSA) is 186 Å². The van der Waals surface area contributed by atoms with E-state index in [0.717, 1.165) is 69.3 Å². The van der Waals surface area contributed by atoms with E-state index in [1.165, 1.54) is 9.80 Å². The van der Waals surface area contributed by atoms with Crippen LogP contribution in [0.2, 0.25) is 0 Å². The van der Waals surface area contributed by atoms with Gasteiger partial charge in [0, 0.05) is 44.7 Å². The smallest absolute Gasteiger partial charge is 0.437 e. The van der Waals surface area contributed by atoms with Crippen molar-refractivity contribution in [3.8, 4) is 0 Å². The molecular formula is C38H69N7O10S. The van der Waals surface area contributed by atoms with Gasteiger partial charge in [-0.25, -0.2) is 14.4 Å². The second-order valence-electron chi connectivity index (χ2n) is 16.9. The number of hydrogen-bond acceptors (Lipinski definition) is 13. The lowest BCUT2D eigenvalue weighted by Gasteiger charge is -2.43. The number of unbranched alkanes of at least 4 members (excludes halogenated alkanes) is 3. The van der Waals surface area contributed by atoms with Gasteiger partial charge >= 0.3 is 28.6 Å². The van der Waals surface area contributed by atoms with Gasteiger partial charge in [0.05, 0.1) is 6.04 Å². The fraction of sp³-hybridized carbons (Fsp3) is 0.868. The second-order valence-corrected chi connectivity index (χ2v) is 18.0. The van der Waals surface area contributed by atoms with Crippen molar-refractivity contribution in [2.45, 2.75) is 182 Å². The van der Waals surface area contributed by atoms with Crippen LogP contribution in [0.5, 0.6) is 0 Å². The van der Waals surface area contributed by atoms with E-state index in [9.17, 15) is 22.8 Å². The van der Waals surface area contributed by atoms with Gasteiger partial charge in [0.25, 0.3) is 0 Å². The number of aromatic nitrogens is 2. The van der Waals surface area contributed by atoms with Crippen LogP contribution >= 0.6 is 0 Å². The van der Waals surface area contributed by atoms with Crippen LogP contribution in [-0.2, 0) is 34.9 Å². The number of nitrogens with zero attached hydrogens (tertiary/aromatic N) is 6. The standard InChI is InChI=1S/C38H69N7O10S/c1-11-15-22-38(21-14-4,23-16-12-2)44(25-17-13-3)54-56(49,50)55-45-29-18-19-30(43(28-29)34(45)47)32-41-40-31(51-32)20-26-42(35(48)53-37(8,9)10)27-24-39-33(46)52-36(5,6)7/h29-30H,11-28H2,1-10H3,(H,39,46)/t29-,30-/m0/s1. The van der Waals surface area contributed by atoms with E-state index in [2.05, 4.69) is 43.2 Å². The molecule has 3 rings (SSSR count). The van der Waals surface area contributed by atoms with E-state index in [1.54, 1.807) is 46.6 Å². The average Bonchev–Trinajstić information content (AvgIpc) is 3.66. The third-order valence-corrected chi connectivity index (χ3v) is 10.4. The van der Waals surface area contributed by atoms with Crippen LogP contribution in [-0.4, -0.2) is 112 Å². The van der Waals surface area contributed by atoms with Gasteiger partial charge in [-0.05, 0) is 80.1 Å². The summed E-state index contributed by atoms with van der Waals surface area (Å²) in [7, 11) is -4.67. The predicted octanol–water partition coefficient (Wildman–Crippen LogP) is 7.44. The van der Waals surface area contributed by atoms with Crippen LogP contribution in [0.1, 0.15) is 164 Å². The molecule has 1 aromatic rings. The van der Waals surface area contributed by atoms with E-state index in [4.69, 9.17) is 22.5 Å². The number of hydroxylamine groups is 4. The maximum atomic E-state index is 13.7. The summed E-state index contributed by atoms with van der Waals surface area (Å²) in [6, 6.07) is -1.74. The maximum absolute atomic E-state index is 13.7. The summed E-state index contributed by atoms with van der Waals surface area (Å²) in [5, 5.41) is 13.6. The van der Waals surface area contributed by atoms with Crippen LogP contribution in [0.15, 0.2) is 4.42 Å². The van der Waals surface area contributed by atoms with Gasteiger partial charge in [-0.1, -0.05) is 66.2 Å². The van der Waals surface area contributed by atoms with Crippen molar-refractivity contribution in [3.63, 3.8) is 0 Å². The Morgan fingerprint density at radius 2 is 1.50 bits per heavy atom. The summed E-state index contributed by atoms with van der Waals surface area (Å²) in [4.78, 5) is 41.8. The van der Waals surface area contributed by atoms with Crippen molar-refractivity contribution in [2.75, 3.05) is 32.7 Å². The summed E-state index contributed by atoms with van der Waals surface area (Å²) in [5.74, 6) is 0.436. The molecule has 2 aliphatic rings. The lowest BCUT2D eigenvalue weighted by molar-refractivity contribution is -0.172. The number of alkyl carbamates (subject to hydrolysis) is 1. The molecule has 0 saturated carbocycles. The van der Waals surface area contributed by atoms with E-state index in [-0.39, 0.29) is 44.4 Å². The molecule has 3 heterocycles. The Balaban J connectivity index is 1.70. The Bertz CT molecular complexity index is 1500. The van der Waals surface area contributed by atoms with Gasteiger partial charge in [0.1, 0.15) is 17.2 Å². The summed E-state index contributed by atoms with van der Waals surface area (Å²) in [5.41, 5.74) is -1.88. The number of nitrogens with one attached hydrogen (secondary N) is 1. The largest absolute Gasteiger partial charge is 0.444 e. The number of ether oxygens (including phenoxy) is 2. The summed E-state index contributed by atoms with van der Waals surface area (Å²) in [6.45, 7) is 20.0. The monoisotopic (exact) mass is 815 g/mol. The minimum absolute atomic E-state index is 0.122. The van der Waals surface area contributed by atoms with Crippen molar-refractivity contribution in [1.82, 2.24) is 35.4 Å². The molecular weight excluding hydrogens is 747 g/mol. The zero-order valence-corrected chi connectivity index (χ0v) is 36.4. The van der Waals surface area contributed by atoms with Crippen molar-refractivity contribution in [2.24, 2.45) is 0 Å². The number of fused-ring (bicyclic) bond motifs is 2. The first kappa shape index (κ1) is 47.2. The summed E-state index contributed by atoms with van der Waals surface area (Å²) in [6.07, 6.45) is 8.56. The molecule has 2 fully saturated rings. The molecule has 1 N–H and O–H groups in total. The summed E-state index contributed by atoms with van der Waals surface area (Å²) < 4.78 is 55.5. The average molecular weight is 816 g/mol. The number of carbonyl (C=O) groups excluding carboxylic acids is 3. The van der Waals surface area contributed by atoms with Crippen molar-refractivity contribution in [3.05, 3.63) is 11.8 Å². The SMILES string of the molecule is CCCCN(OS(=O)(=O)ON1C(=O)N2C[C@@H]1CC[C@H]2c1nnc(CCN(CCNC(=O)OC(C)(C)C)C(=O)OC(C)(C)C)o1)C(CCC)(CCCC)CCCC. The fourth-order valence-electron chi connectivity index (χ4n) is 7.05. The van der Waals surface area contributed by atoms with Gasteiger partial charge in [-0.15, -0.1) is 14.5 Å². The molecule has 17 nitrogen and oxygen atoms in total. The first-order chi connectivity index (χ1) is 26.3. The Morgan fingerprint density at radius 1 is 0.857 bits per heavy atom. The van der Waals surface area contributed by atoms with Crippen molar-refractivity contribution in [1.29, 1.82) is 0 Å². The first-order valence-electron chi connectivity index (χ1n) is 20.6. The Labute approximate surface area is 334 Å². The molecule has 2 saturated heterocycles. The first-order valence-corrected chi connectivity index (χ1v) is 21.9. The Morgan fingerprint density at radius 3 is 2.09 bits per heavy atom. The van der Waals surface area contributed by atoms with Crippen LogP contribution in [0, 0.1) is 0 Å². The molecule has 0 spiro atoms. The van der Waals surface area contributed by atoms with E-state index in [1.807, 2.05) is 0 Å². The lowest BCUT2D eigenvalue weighted by atomic mass is 9.82.